The molecule has 0 aliphatic heterocycles. The molecule has 0 spiro atoms. The molecule has 2 heterocycles. The molecule has 8 heteroatoms. The number of methoxy groups -OCH3 is 4. The molecular weight excluding hydrogens is 402 g/mol. The number of hydrogen-bond donors (Lipinski definition) is 1. The smallest absolute Gasteiger partial charge is 0.197 e. The molecule has 4 rings (SSSR count). The number of ether oxygens (including phenoxy) is 4. The van der Waals surface area contributed by atoms with Crippen LogP contribution in [-0.4, -0.2) is 51.0 Å². The highest BCUT2D eigenvalue weighted by Crippen LogP contribution is 2.39. The SMILES string of the molecule is COCCCNc1c(-c2ccc(OC)c(OC)c2)nc2sc3cc(OC)ccc3n12. The molecule has 4 aromatic rings. The molecule has 7 nitrogen and oxygen atoms in total. The number of aromatic nitrogens is 2. The summed E-state index contributed by atoms with van der Waals surface area (Å²) in [6, 6.07) is 11.9. The lowest BCUT2D eigenvalue weighted by atomic mass is 10.1. The van der Waals surface area contributed by atoms with Gasteiger partial charge in [0.25, 0.3) is 0 Å². The Morgan fingerprint density at radius 3 is 2.53 bits per heavy atom. The van der Waals surface area contributed by atoms with Gasteiger partial charge in [-0.1, -0.05) is 11.3 Å². The summed E-state index contributed by atoms with van der Waals surface area (Å²) in [7, 11) is 6.66. The number of hydrogen-bond acceptors (Lipinski definition) is 7. The highest BCUT2D eigenvalue weighted by molar-refractivity contribution is 7.23. The zero-order valence-electron chi connectivity index (χ0n) is 17.5. The van der Waals surface area contributed by atoms with Gasteiger partial charge in [0, 0.05) is 25.8 Å². The average Bonchev–Trinajstić information content (AvgIpc) is 3.31. The highest BCUT2D eigenvalue weighted by Gasteiger charge is 2.20. The third kappa shape index (κ3) is 3.64. The first-order valence-electron chi connectivity index (χ1n) is 9.64. The summed E-state index contributed by atoms with van der Waals surface area (Å²) in [6.45, 7) is 1.47. The minimum Gasteiger partial charge on any atom is -0.497 e. The zero-order chi connectivity index (χ0) is 21.1. The zero-order valence-corrected chi connectivity index (χ0v) is 18.3. The van der Waals surface area contributed by atoms with E-state index < -0.39 is 0 Å². The number of benzene rings is 2. The topological polar surface area (TPSA) is 66.2 Å². The molecule has 1 N–H and O–H groups in total. The van der Waals surface area contributed by atoms with E-state index in [1.807, 2.05) is 30.3 Å². The Balaban J connectivity index is 1.85. The first-order valence-corrected chi connectivity index (χ1v) is 10.5. The van der Waals surface area contributed by atoms with Crippen LogP contribution in [0.25, 0.3) is 26.4 Å². The number of thiazole rings is 1. The molecule has 158 valence electrons. The fraction of sp³-hybridized carbons (Fsp3) is 0.318. The van der Waals surface area contributed by atoms with Gasteiger partial charge in [0.1, 0.15) is 17.3 Å². The number of nitrogens with one attached hydrogen (secondary N) is 1. The Hall–Kier alpha value is -2.97. The Morgan fingerprint density at radius 1 is 0.967 bits per heavy atom. The summed E-state index contributed by atoms with van der Waals surface area (Å²) in [5.74, 6) is 3.15. The largest absolute Gasteiger partial charge is 0.497 e. The Labute approximate surface area is 179 Å². The summed E-state index contributed by atoms with van der Waals surface area (Å²) >= 11 is 1.63. The monoisotopic (exact) mass is 427 g/mol. The number of rotatable bonds is 9. The van der Waals surface area contributed by atoms with Crippen LogP contribution < -0.4 is 19.5 Å². The Bertz CT molecular complexity index is 1170. The molecule has 0 aliphatic rings. The van der Waals surface area contributed by atoms with Crippen LogP contribution in [0.15, 0.2) is 36.4 Å². The molecule has 0 bridgehead atoms. The average molecular weight is 428 g/mol. The summed E-state index contributed by atoms with van der Waals surface area (Å²) in [6.07, 6.45) is 0.894. The van der Waals surface area contributed by atoms with E-state index in [0.29, 0.717) is 18.1 Å². The molecule has 2 aromatic carbocycles. The maximum atomic E-state index is 5.49. The van der Waals surface area contributed by atoms with E-state index in [2.05, 4.69) is 15.8 Å². The highest BCUT2D eigenvalue weighted by atomic mass is 32.1. The molecule has 0 aliphatic carbocycles. The van der Waals surface area contributed by atoms with Crippen molar-refractivity contribution < 1.29 is 18.9 Å². The fourth-order valence-electron chi connectivity index (χ4n) is 3.45. The number of imidazole rings is 1. The minimum absolute atomic E-state index is 0.672. The van der Waals surface area contributed by atoms with Gasteiger partial charge in [0.05, 0.1) is 31.5 Å². The lowest BCUT2D eigenvalue weighted by molar-refractivity contribution is 0.198. The minimum atomic E-state index is 0.672. The van der Waals surface area contributed by atoms with Crippen molar-refractivity contribution >= 4 is 32.3 Å². The van der Waals surface area contributed by atoms with Crippen LogP contribution >= 0.6 is 11.3 Å². The molecule has 0 fully saturated rings. The van der Waals surface area contributed by atoms with Gasteiger partial charge in [-0.2, -0.15) is 0 Å². The Kier molecular flexibility index (Phi) is 5.96. The van der Waals surface area contributed by atoms with Gasteiger partial charge in [-0.25, -0.2) is 4.98 Å². The van der Waals surface area contributed by atoms with Crippen molar-refractivity contribution in [3.05, 3.63) is 36.4 Å². The second kappa shape index (κ2) is 8.81. The van der Waals surface area contributed by atoms with Crippen LogP contribution in [0.1, 0.15) is 6.42 Å². The lowest BCUT2D eigenvalue weighted by Crippen LogP contribution is -2.07. The van der Waals surface area contributed by atoms with Crippen molar-refractivity contribution in [3.63, 3.8) is 0 Å². The van der Waals surface area contributed by atoms with Crippen molar-refractivity contribution in [2.24, 2.45) is 0 Å². The van der Waals surface area contributed by atoms with Gasteiger partial charge in [-0.3, -0.25) is 4.40 Å². The fourth-order valence-corrected chi connectivity index (χ4v) is 4.50. The van der Waals surface area contributed by atoms with Crippen LogP contribution in [-0.2, 0) is 4.74 Å². The normalized spacial score (nSPS) is 11.2. The van der Waals surface area contributed by atoms with Gasteiger partial charge < -0.3 is 24.3 Å². The maximum Gasteiger partial charge on any atom is 0.197 e. The van der Waals surface area contributed by atoms with Gasteiger partial charge in [-0.05, 0) is 42.8 Å². The lowest BCUT2D eigenvalue weighted by Gasteiger charge is -2.11. The summed E-state index contributed by atoms with van der Waals surface area (Å²) in [4.78, 5) is 5.87. The van der Waals surface area contributed by atoms with Crippen LogP contribution in [0, 0.1) is 0 Å². The predicted octanol–water partition coefficient (Wildman–Crippen LogP) is 4.69. The maximum absolute atomic E-state index is 5.49. The van der Waals surface area contributed by atoms with Crippen LogP contribution in [0.2, 0.25) is 0 Å². The predicted molar refractivity (Wildman–Crippen MR) is 121 cm³/mol. The quantitative estimate of drug-likeness (QED) is 0.391. The number of fused-ring (bicyclic) bond motifs is 3. The molecule has 0 unspecified atom stereocenters. The molecule has 0 atom stereocenters. The van der Waals surface area contributed by atoms with E-state index in [1.54, 1.807) is 39.8 Å². The third-order valence-corrected chi connectivity index (χ3v) is 5.93. The summed E-state index contributed by atoms with van der Waals surface area (Å²) < 4.78 is 24.7. The van der Waals surface area contributed by atoms with E-state index >= 15 is 0 Å². The van der Waals surface area contributed by atoms with Crippen LogP contribution in [0.3, 0.4) is 0 Å². The third-order valence-electron chi connectivity index (χ3n) is 4.93. The van der Waals surface area contributed by atoms with E-state index in [1.165, 1.54) is 0 Å². The summed E-state index contributed by atoms with van der Waals surface area (Å²) in [5.41, 5.74) is 2.92. The van der Waals surface area contributed by atoms with Gasteiger partial charge in [0.15, 0.2) is 16.5 Å². The molecule has 30 heavy (non-hydrogen) atoms. The Morgan fingerprint density at radius 2 is 1.80 bits per heavy atom. The molecule has 2 aromatic heterocycles. The number of nitrogens with zero attached hydrogens (tertiary/aromatic N) is 2. The van der Waals surface area contributed by atoms with Crippen molar-refractivity contribution in [1.29, 1.82) is 0 Å². The van der Waals surface area contributed by atoms with Crippen molar-refractivity contribution in [2.45, 2.75) is 6.42 Å². The van der Waals surface area contributed by atoms with Crippen molar-refractivity contribution in [1.82, 2.24) is 9.38 Å². The molecule has 0 amide bonds. The standard InChI is InChI=1S/C22H25N3O4S/c1-26-11-5-10-23-21-20(14-6-9-17(28-3)18(12-14)29-4)24-22-25(21)16-8-7-15(27-2)13-19(16)30-22/h6-9,12-13,23H,5,10-11H2,1-4H3. The first kappa shape index (κ1) is 20.3. The van der Waals surface area contributed by atoms with Crippen LogP contribution in [0.4, 0.5) is 5.82 Å². The van der Waals surface area contributed by atoms with Gasteiger partial charge in [-0.15, -0.1) is 0 Å². The van der Waals surface area contributed by atoms with Crippen molar-refractivity contribution in [3.8, 4) is 28.5 Å². The van der Waals surface area contributed by atoms with E-state index in [-0.39, 0.29) is 0 Å². The van der Waals surface area contributed by atoms with Gasteiger partial charge >= 0.3 is 0 Å². The van der Waals surface area contributed by atoms with Gasteiger partial charge in [0.2, 0.25) is 0 Å². The van der Waals surface area contributed by atoms with E-state index in [0.717, 1.165) is 51.0 Å². The van der Waals surface area contributed by atoms with Crippen LogP contribution in [0.5, 0.6) is 17.2 Å². The summed E-state index contributed by atoms with van der Waals surface area (Å²) in [5, 5.41) is 3.57. The second-order valence-electron chi connectivity index (χ2n) is 6.71. The van der Waals surface area contributed by atoms with E-state index in [4.69, 9.17) is 23.9 Å². The molecule has 0 radical (unpaired) electrons. The van der Waals surface area contributed by atoms with Crippen molar-refractivity contribution in [2.75, 3.05) is 46.9 Å². The second-order valence-corrected chi connectivity index (χ2v) is 7.71. The number of anilines is 1. The molecule has 0 saturated heterocycles. The molecule has 0 saturated carbocycles. The first-order chi connectivity index (χ1) is 14.7. The van der Waals surface area contributed by atoms with E-state index in [9.17, 15) is 0 Å². The molecular formula is C22H25N3O4S.